The second-order valence-electron chi connectivity index (χ2n) is 4.27. The first-order valence-corrected chi connectivity index (χ1v) is 6.19. The van der Waals surface area contributed by atoms with Gasteiger partial charge in [0.2, 0.25) is 0 Å². The Morgan fingerprint density at radius 3 is 3.24 bits per heavy atom. The molecule has 1 aromatic rings. The van der Waals surface area contributed by atoms with Gasteiger partial charge in [-0.15, -0.1) is 0 Å². The lowest BCUT2D eigenvalue weighted by atomic mass is 10.2. The smallest absolute Gasteiger partial charge is 0.158 e. The number of aromatic nitrogens is 2. The van der Waals surface area contributed by atoms with Crippen molar-refractivity contribution in [3.63, 3.8) is 0 Å². The van der Waals surface area contributed by atoms with Crippen LogP contribution in [0.3, 0.4) is 0 Å². The third-order valence-corrected chi connectivity index (χ3v) is 2.92. The Labute approximate surface area is 102 Å². The van der Waals surface area contributed by atoms with Gasteiger partial charge in [0, 0.05) is 25.8 Å². The van der Waals surface area contributed by atoms with Crippen LogP contribution in [0.2, 0.25) is 0 Å². The van der Waals surface area contributed by atoms with Crippen LogP contribution in [0, 0.1) is 0 Å². The Kier molecular flexibility index (Phi) is 4.42. The molecule has 0 aromatic carbocycles. The first-order chi connectivity index (χ1) is 8.33. The van der Waals surface area contributed by atoms with Crippen LogP contribution >= 0.6 is 0 Å². The predicted octanol–water partition coefficient (Wildman–Crippen LogP) is 0.719. The highest BCUT2D eigenvalue weighted by Gasteiger charge is 2.23. The van der Waals surface area contributed by atoms with Crippen LogP contribution in [0.25, 0.3) is 0 Å². The topological polar surface area (TPSA) is 64.3 Å². The summed E-state index contributed by atoms with van der Waals surface area (Å²) in [6.07, 6.45) is 2.91. The van der Waals surface area contributed by atoms with E-state index in [9.17, 15) is 0 Å². The minimum atomic E-state index is -0.0122. The van der Waals surface area contributed by atoms with Crippen LogP contribution in [-0.4, -0.2) is 41.1 Å². The second-order valence-corrected chi connectivity index (χ2v) is 4.27. The summed E-state index contributed by atoms with van der Waals surface area (Å²) in [5.74, 6) is 0.758. The van der Waals surface area contributed by atoms with Gasteiger partial charge in [0.15, 0.2) is 5.82 Å². The Hall–Kier alpha value is -1.04. The van der Waals surface area contributed by atoms with E-state index in [0.717, 1.165) is 44.2 Å². The molecule has 0 saturated carbocycles. The maximum atomic E-state index is 5.73. The number of morpholine rings is 1. The van der Waals surface area contributed by atoms with Gasteiger partial charge >= 0.3 is 0 Å². The van der Waals surface area contributed by atoms with Crippen molar-refractivity contribution < 1.29 is 4.74 Å². The van der Waals surface area contributed by atoms with E-state index < -0.39 is 0 Å². The summed E-state index contributed by atoms with van der Waals surface area (Å²) in [4.78, 5) is 11.1. The van der Waals surface area contributed by atoms with Crippen molar-refractivity contribution in [2.45, 2.75) is 26.0 Å². The van der Waals surface area contributed by atoms with Gasteiger partial charge < -0.3 is 10.5 Å². The highest BCUT2D eigenvalue weighted by Crippen LogP contribution is 2.19. The summed E-state index contributed by atoms with van der Waals surface area (Å²) < 4.78 is 5.73. The van der Waals surface area contributed by atoms with Crippen molar-refractivity contribution in [1.82, 2.24) is 14.9 Å². The van der Waals surface area contributed by atoms with Crippen molar-refractivity contribution in [3.05, 3.63) is 23.8 Å². The minimum Gasteiger partial charge on any atom is -0.368 e. The molecule has 1 atom stereocenters. The minimum absolute atomic E-state index is 0.0122. The Balaban J connectivity index is 2.05. The van der Waals surface area contributed by atoms with E-state index in [-0.39, 0.29) is 6.10 Å². The number of hydrogen-bond acceptors (Lipinski definition) is 5. The molecule has 2 heterocycles. The van der Waals surface area contributed by atoms with E-state index in [4.69, 9.17) is 10.5 Å². The molecular formula is C12H20N4O. The van der Waals surface area contributed by atoms with Crippen LogP contribution < -0.4 is 5.73 Å². The number of ether oxygens (including phenoxy) is 1. The van der Waals surface area contributed by atoms with Gasteiger partial charge in [-0.1, -0.05) is 6.92 Å². The summed E-state index contributed by atoms with van der Waals surface area (Å²) in [5.41, 5.74) is 6.45. The fourth-order valence-corrected chi connectivity index (χ4v) is 2.06. The molecule has 94 valence electrons. The molecule has 1 fully saturated rings. The zero-order valence-corrected chi connectivity index (χ0v) is 10.3. The van der Waals surface area contributed by atoms with Gasteiger partial charge in [-0.05, 0) is 19.0 Å². The van der Waals surface area contributed by atoms with E-state index in [1.165, 1.54) is 0 Å². The van der Waals surface area contributed by atoms with E-state index in [0.29, 0.717) is 6.54 Å². The molecule has 1 aromatic heterocycles. The molecule has 0 amide bonds. The average molecular weight is 236 g/mol. The lowest BCUT2D eigenvalue weighted by molar-refractivity contribution is -0.0343. The largest absolute Gasteiger partial charge is 0.368 e. The highest BCUT2D eigenvalue weighted by atomic mass is 16.5. The molecule has 2 rings (SSSR count). The first-order valence-electron chi connectivity index (χ1n) is 6.19. The van der Waals surface area contributed by atoms with Crippen LogP contribution in [0.15, 0.2) is 12.3 Å². The molecular weight excluding hydrogens is 216 g/mol. The summed E-state index contributed by atoms with van der Waals surface area (Å²) in [5, 5.41) is 0. The molecule has 1 aliphatic heterocycles. The molecule has 1 saturated heterocycles. The summed E-state index contributed by atoms with van der Waals surface area (Å²) >= 11 is 0. The van der Waals surface area contributed by atoms with Crippen molar-refractivity contribution >= 4 is 0 Å². The van der Waals surface area contributed by atoms with Crippen molar-refractivity contribution in [2.75, 3.05) is 26.2 Å². The van der Waals surface area contributed by atoms with Gasteiger partial charge in [-0.25, -0.2) is 9.97 Å². The maximum absolute atomic E-state index is 5.73. The van der Waals surface area contributed by atoms with Gasteiger partial charge in [0.1, 0.15) is 6.10 Å². The molecule has 0 aliphatic carbocycles. The molecule has 0 spiro atoms. The number of nitrogens with zero attached hydrogens (tertiary/aromatic N) is 3. The van der Waals surface area contributed by atoms with Gasteiger partial charge in [-0.3, -0.25) is 4.90 Å². The molecule has 5 nitrogen and oxygen atoms in total. The molecule has 17 heavy (non-hydrogen) atoms. The summed E-state index contributed by atoms with van der Waals surface area (Å²) in [6, 6.07) is 1.84. The maximum Gasteiger partial charge on any atom is 0.158 e. The van der Waals surface area contributed by atoms with Crippen LogP contribution in [0.5, 0.6) is 0 Å². The van der Waals surface area contributed by atoms with E-state index >= 15 is 0 Å². The molecule has 5 heteroatoms. The fraction of sp³-hybridized carbons (Fsp3) is 0.667. The lowest BCUT2D eigenvalue weighted by Crippen LogP contribution is -2.39. The third-order valence-electron chi connectivity index (χ3n) is 2.92. The van der Waals surface area contributed by atoms with Crippen molar-refractivity contribution in [1.29, 1.82) is 0 Å². The molecule has 1 unspecified atom stereocenters. The predicted molar refractivity (Wildman–Crippen MR) is 65.3 cm³/mol. The monoisotopic (exact) mass is 236 g/mol. The highest BCUT2D eigenvalue weighted by molar-refractivity contribution is 5.04. The SMILES string of the molecule is CCCN1CCOC(c2nccc(CN)n2)C1. The van der Waals surface area contributed by atoms with Gasteiger partial charge in [0.25, 0.3) is 0 Å². The van der Waals surface area contributed by atoms with Crippen LogP contribution in [-0.2, 0) is 11.3 Å². The van der Waals surface area contributed by atoms with Gasteiger partial charge in [0.05, 0.1) is 12.3 Å². The zero-order valence-electron chi connectivity index (χ0n) is 10.3. The van der Waals surface area contributed by atoms with E-state index in [1.807, 2.05) is 6.07 Å². The molecule has 2 N–H and O–H groups in total. The summed E-state index contributed by atoms with van der Waals surface area (Å²) in [7, 11) is 0. The average Bonchev–Trinajstić information content (AvgIpc) is 2.40. The normalized spacial score (nSPS) is 21.6. The van der Waals surface area contributed by atoms with E-state index in [2.05, 4.69) is 21.8 Å². The first kappa shape index (κ1) is 12.4. The zero-order chi connectivity index (χ0) is 12.1. The summed E-state index contributed by atoms with van der Waals surface area (Å²) in [6.45, 7) is 6.37. The Morgan fingerprint density at radius 2 is 2.47 bits per heavy atom. The van der Waals surface area contributed by atoms with Crippen LogP contribution in [0.1, 0.15) is 31.0 Å². The van der Waals surface area contributed by atoms with Crippen LogP contribution in [0.4, 0.5) is 0 Å². The lowest BCUT2D eigenvalue weighted by Gasteiger charge is -2.31. The molecule has 0 radical (unpaired) electrons. The molecule has 0 bridgehead atoms. The Bertz CT molecular complexity index is 356. The number of nitrogens with two attached hydrogens (primary N) is 1. The quantitative estimate of drug-likeness (QED) is 0.834. The molecule has 1 aliphatic rings. The van der Waals surface area contributed by atoms with Crippen molar-refractivity contribution in [2.24, 2.45) is 5.73 Å². The Morgan fingerprint density at radius 1 is 1.59 bits per heavy atom. The number of hydrogen-bond donors (Lipinski definition) is 1. The standard InChI is InChI=1S/C12H20N4O/c1-2-5-16-6-7-17-11(9-16)12-14-4-3-10(8-13)15-12/h3-4,11H,2,5-9,13H2,1H3. The second kappa shape index (κ2) is 6.05. The third kappa shape index (κ3) is 3.21. The fourth-order valence-electron chi connectivity index (χ4n) is 2.06. The van der Waals surface area contributed by atoms with Gasteiger partial charge in [-0.2, -0.15) is 0 Å². The van der Waals surface area contributed by atoms with E-state index in [1.54, 1.807) is 6.20 Å². The number of rotatable bonds is 4. The van der Waals surface area contributed by atoms with Crippen molar-refractivity contribution in [3.8, 4) is 0 Å².